The molecule has 0 radical (unpaired) electrons. The zero-order valence-electron chi connectivity index (χ0n) is 10.2. The topological polar surface area (TPSA) is 12.0 Å². The highest BCUT2D eigenvalue weighted by atomic mass is 79.9. The van der Waals surface area contributed by atoms with Gasteiger partial charge in [0.25, 0.3) is 0 Å². The molecule has 17 heavy (non-hydrogen) atoms. The van der Waals surface area contributed by atoms with Crippen molar-refractivity contribution in [2.75, 3.05) is 6.54 Å². The van der Waals surface area contributed by atoms with Crippen LogP contribution in [-0.2, 0) is 0 Å². The van der Waals surface area contributed by atoms with E-state index in [1.165, 1.54) is 24.8 Å². The van der Waals surface area contributed by atoms with Crippen LogP contribution < -0.4 is 5.32 Å². The number of halogens is 2. The molecule has 1 aliphatic rings. The van der Waals surface area contributed by atoms with Gasteiger partial charge in [0, 0.05) is 10.5 Å². The summed E-state index contributed by atoms with van der Waals surface area (Å²) in [4.78, 5) is 0. The molecule has 1 unspecified atom stereocenters. The molecule has 2 rings (SSSR count). The summed E-state index contributed by atoms with van der Waals surface area (Å²) >= 11 is 3.46. The Morgan fingerprint density at radius 3 is 2.82 bits per heavy atom. The second kappa shape index (κ2) is 5.96. The van der Waals surface area contributed by atoms with Crippen LogP contribution in [0.25, 0.3) is 0 Å². The number of hydrogen-bond acceptors (Lipinski definition) is 1. The van der Waals surface area contributed by atoms with Gasteiger partial charge in [0.15, 0.2) is 0 Å². The Labute approximate surface area is 111 Å². The second-order valence-electron chi connectivity index (χ2n) is 4.80. The summed E-state index contributed by atoms with van der Waals surface area (Å²) in [5.41, 5.74) is 1.17. The lowest BCUT2D eigenvalue weighted by Crippen LogP contribution is -2.21. The van der Waals surface area contributed by atoms with Crippen molar-refractivity contribution >= 4 is 15.9 Å². The lowest BCUT2D eigenvalue weighted by atomic mass is 10.0. The highest BCUT2D eigenvalue weighted by molar-refractivity contribution is 9.10. The van der Waals surface area contributed by atoms with E-state index in [4.69, 9.17) is 0 Å². The van der Waals surface area contributed by atoms with Crippen LogP contribution >= 0.6 is 15.9 Å². The minimum absolute atomic E-state index is 0.182. The van der Waals surface area contributed by atoms with Gasteiger partial charge in [-0.05, 0) is 43.0 Å². The van der Waals surface area contributed by atoms with Crippen LogP contribution in [-0.4, -0.2) is 6.54 Å². The van der Waals surface area contributed by atoms with Crippen LogP contribution in [0.5, 0.6) is 0 Å². The third-order valence-electron chi connectivity index (χ3n) is 3.35. The maximum absolute atomic E-state index is 13.1. The summed E-state index contributed by atoms with van der Waals surface area (Å²) in [6, 6.07) is 5.33. The number of hydrogen-bond donors (Lipinski definition) is 1. The summed E-state index contributed by atoms with van der Waals surface area (Å²) in [7, 11) is 0. The van der Waals surface area contributed by atoms with Crippen molar-refractivity contribution in [2.24, 2.45) is 5.92 Å². The second-order valence-corrected chi connectivity index (χ2v) is 5.65. The van der Waals surface area contributed by atoms with Crippen LogP contribution in [0, 0.1) is 11.7 Å². The molecule has 0 aromatic heterocycles. The zero-order valence-corrected chi connectivity index (χ0v) is 11.8. The molecule has 3 heteroatoms. The zero-order chi connectivity index (χ0) is 12.3. The highest BCUT2D eigenvalue weighted by Gasteiger charge is 2.23. The van der Waals surface area contributed by atoms with Gasteiger partial charge in [0.05, 0.1) is 0 Å². The molecular weight excluding hydrogens is 281 g/mol. The Bertz CT molecular complexity index is 376. The average molecular weight is 300 g/mol. The van der Waals surface area contributed by atoms with E-state index in [2.05, 4.69) is 28.2 Å². The average Bonchev–Trinajstić information content (AvgIpc) is 3.09. The van der Waals surface area contributed by atoms with Gasteiger partial charge in [-0.25, -0.2) is 4.39 Å². The largest absolute Gasteiger partial charge is 0.310 e. The van der Waals surface area contributed by atoms with Crippen LogP contribution in [0.2, 0.25) is 0 Å². The number of nitrogens with one attached hydrogen (secondary N) is 1. The molecule has 0 bridgehead atoms. The molecule has 1 atom stereocenters. The van der Waals surface area contributed by atoms with Gasteiger partial charge in [-0.2, -0.15) is 0 Å². The van der Waals surface area contributed by atoms with Gasteiger partial charge in [-0.1, -0.05) is 41.8 Å². The molecular formula is C14H19BrFN. The molecule has 0 heterocycles. The fraction of sp³-hybridized carbons (Fsp3) is 0.571. The van der Waals surface area contributed by atoms with Crippen LogP contribution in [0.1, 0.15) is 44.2 Å². The SMILES string of the molecule is CCNC(CCC1CC1)c1ccc(F)cc1Br. The maximum atomic E-state index is 13.1. The summed E-state index contributed by atoms with van der Waals surface area (Å²) in [5, 5.41) is 3.49. The first-order valence-electron chi connectivity index (χ1n) is 6.39. The van der Waals surface area contributed by atoms with Gasteiger partial charge in [-0.15, -0.1) is 0 Å². The quantitative estimate of drug-likeness (QED) is 0.819. The van der Waals surface area contributed by atoms with Crippen molar-refractivity contribution < 1.29 is 4.39 Å². The first-order chi connectivity index (χ1) is 8.20. The van der Waals surface area contributed by atoms with E-state index in [1.54, 1.807) is 12.1 Å². The molecule has 1 fully saturated rings. The van der Waals surface area contributed by atoms with E-state index < -0.39 is 0 Å². The van der Waals surface area contributed by atoms with E-state index in [0.717, 1.165) is 23.4 Å². The molecule has 0 amide bonds. The lowest BCUT2D eigenvalue weighted by Gasteiger charge is -2.19. The first kappa shape index (κ1) is 13.0. The minimum Gasteiger partial charge on any atom is -0.310 e. The fourth-order valence-electron chi connectivity index (χ4n) is 2.21. The highest BCUT2D eigenvalue weighted by Crippen LogP contribution is 2.37. The van der Waals surface area contributed by atoms with Crippen molar-refractivity contribution in [1.29, 1.82) is 0 Å². The molecule has 1 nitrogen and oxygen atoms in total. The minimum atomic E-state index is -0.182. The summed E-state index contributed by atoms with van der Waals surface area (Å²) in [6.07, 6.45) is 5.21. The third kappa shape index (κ3) is 3.78. The summed E-state index contributed by atoms with van der Waals surface area (Å²) in [6.45, 7) is 3.06. The molecule has 94 valence electrons. The Morgan fingerprint density at radius 2 is 2.24 bits per heavy atom. The number of rotatable bonds is 6. The van der Waals surface area contributed by atoms with Crippen molar-refractivity contribution in [2.45, 2.75) is 38.6 Å². The van der Waals surface area contributed by atoms with Crippen LogP contribution in [0.3, 0.4) is 0 Å². The van der Waals surface area contributed by atoms with Crippen molar-refractivity contribution in [3.63, 3.8) is 0 Å². The van der Waals surface area contributed by atoms with Gasteiger partial charge in [0.2, 0.25) is 0 Å². The van der Waals surface area contributed by atoms with Crippen molar-refractivity contribution in [3.8, 4) is 0 Å². The first-order valence-corrected chi connectivity index (χ1v) is 7.18. The van der Waals surface area contributed by atoms with Crippen molar-refractivity contribution in [3.05, 3.63) is 34.1 Å². The Kier molecular flexibility index (Phi) is 4.57. The van der Waals surface area contributed by atoms with E-state index in [0.29, 0.717) is 6.04 Å². The molecule has 0 saturated heterocycles. The predicted octanol–water partition coefficient (Wildman–Crippen LogP) is 4.43. The van der Waals surface area contributed by atoms with E-state index in [9.17, 15) is 4.39 Å². The molecule has 0 spiro atoms. The van der Waals surface area contributed by atoms with E-state index in [1.807, 2.05) is 6.07 Å². The maximum Gasteiger partial charge on any atom is 0.124 e. The third-order valence-corrected chi connectivity index (χ3v) is 4.04. The lowest BCUT2D eigenvalue weighted by molar-refractivity contribution is 0.479. The summed E-state index contributed by atoms with van der Waals surface area (Å²) in [5.74, 6) is 0.758. The molecule has 0 aliphatic heterocycles. The van der Waals surface area contributed by atoms with Gasteiger partial charge in [-0.3, -0.25) is 0 Å². The van der Waals surface area contributed by atoms with Gasteiger partial charge >= 0.3 is 0 Å². The van der Waals surface area contributed by atoms with Gasteiger partial charge < -0.3 is 5.32 Å². The Hall–Kier alpha value is -0.410. The van der Waals surface area contributed by atoms with E-state index in [-0.39, 0.29) is 5.82 Å². The molecule has 1 aromatic rings. The number of benzene rings is 1. The molecule has 1 aromatic carbocycles. The molecule has 1 saturated carbocycles. The fourth-order valence-corrected chi connectivity index (χ4v) is 2.83. The Morgan fingerprint density at radius 1 is 1.47 bits per heavy atom. The normalized spacial score (nSPS) is 17.1. The molecule has 1 aliphatic carbocycles. The standard InChI is InChI=1S/C14H19BrFN/c1-2-17-14(8-5-10-3-4-10)12-7-6-11(16)9-13(12)15/h6-7,9-10,14,17H,2-5,8H2,1H3. The van der Waals surface area contributed by atoms with Crippen LogP contribution in [0.15, 0.2) is 22.7 Å². The van der Waals surface area contributed by atoms with Gasteiger partial charge in [0.1, 0.15) is 5.82 Å². The summed E-state index contributed by atoms with van der Waals surface area (Å²) < 4.78 is 13.9. The van der Waals surface area contributed by atoms with E-state index >= 15 is 0 Å². The molecule has 1 N–H and O–H groups in total. The Balaban J connectivity index is 2.06. The van der Waals surface area contributed by atoms with Crippen molar-refractivity contribution in [1.82, 2.24) is 5.32 Å². The smallest absolute Gasteiger partial charge is 0.124 e. The van der Waals surface area contributed by atoms with Crippen LogP contribution in [0.4, 0.5) is 4.39 Å². The predicted molar refractivity (Wildman–Crippen MR) is 72.5 cm³/mol. The monoisotopic (exact) mass is 299 g/mol.